The Morgan fingerprint density at radius 2 is 1.86 bits per heavy atom. The van der Waals surface area contributed by atoms with Crippen LogP contribution < -0.4 is 10.6 Å². The van der Waals surface area contributed by atoms with Crippen molar-refractivity contribution >= 4 is 46.9 Å². The fourth-order valence-electron chi connectivity index (χ4n) is 1.38. The third-order valence-electron chi connectivity index (χ3n) is 2.34. The number of amides is 2. The standard InChI is InChI=1S/C12H12Cl2N2O5/c1-21-11(19)6-4-7(13)8(14)5-9(6)16-12(20)15-3-2-10(17)18/h4-5H,2-3H2,1H3,(H,17,18)(H2,15,16,20). The number of carbonyl (C=O) groups excluding carboxylic acids is 2. The highest BCUT2D eigenvalue weighted by atomic mass is 35.5. The van der Waals surface area contributed by atoms with Gasteiger partial charge in [0.05, 0.1) is 34.8 Å². The Balaban J connectivity index is 2.86. The molecule has 0 bridgehead atoms. The van der Waals surface area contributed by atoms with Gasteiger partial charge in [0.25, 0.3) is 0 Å². The van der Waals surface area contributed by atoms with Crippen LogP contribution in [-0.4, -0.2) is 36.7 Å². The summed E-state index contributed by atoms with van der Waals surface area (Å²) in [6, 6.07) is 1.88. The lowest BCUT2D eigenvalue weighted by molar-refractivity contribution is -0.136. The second-order valence-corrected chi connectivity index (χ2v) is 4.64. The van der Waals surface area contributed by atoms with Crippen LogP contribution in [0.15, 0.2) is 12.1 Å². The van der Waals surface area contributed by atoms with Gasteiger partial charge in [-0.05, 0) is 12.1 Å². The quantitative estimate of drug-likeness (QED) is 0.717. The fraction of sp³-hybridized carbons (Fsp3) is 0.250. The van der Waals surface area contributed by atoms with Gasteiger partial charge in [-0.1, -0.05) is 23.2 Å². The largest absolute Gasteiger partial charge is 0.481 e. The Labute approximate surface area is 130 Å². The van der Waals surface area contributed by atoms with Gasteiger partial charge in [-0.3, -0.25) is 4.79 Å². The Morgan fingerprint density at radius 1 is 1.24 bits per heavy atom. The molecule has 9 heteroatoms. The number of rotatable bonds is 5. The zero-order valence-corrected chi connectivity index (χ0v) is 12.4. The number of halogens is 2. The van der Waals surface area contributed by atoms with Crippen molar-refractivity contribution in [1.82, 2.24) is 5.32 Å². The molecule has 0 spiro atoms. The zero-order chi connectivity index (χ0) is 16.0. The molecule has 1 rings (SSSR count). The minimum atomic E-state index is -1.04. The first-order valence-corrected chi connectivity index (χ1v) is 6.44. The summed E-state index contributed by atoms with van der Waals surface area (Å²) in [6.45, 7) is -0.0595. The second-order valence-electron chi connectivity index (χ2n) is 3.83. The van der Waals surface area contributed by atoms with Gasteiger partial charge in [0.1, 0.15) is 0 Å². The topological polar surface area (TPSA) is 105 Å². The number of hydrogen-bond acceptors (Lipinski definition) is 4. The average molecular weight is 335 g/mol. The Bertz CT molecular complexity index is 577. The summed E-state index contributed by atoms with van der Waals surface area (Å²) < 4.78 is 4.58. The van der Waals surface area contributed by atoms with Crippen molar-refractivity contribution in [2.45, 2.75) is 6.42 Å². The van der Waals surface area contributed by atoms with Crippen LogP contribution in [0.1, 0.15) is 16.8 Å². The molecule has 21 heavy (non-hydrogen) atoms. The van der Waals surface area contributed by atoms with Gasteiger partial charge in [0.2, 0.25) is 0 Å². The molecule has 1 aromatic carbocycles. The SMILES string of the molecule is COC(=O)c1cc(Cl)c(Cl)cc1NC(=O)NCCC(=O)O. The zero-order valence-electron chi connectivity index (χ0n) is 10.9. The van der Waals surface area contributed by atoms with E-state index in [1.165, 1.54) is 19.2 Å². The molecule has 0 atom stereocenters. The van der Waals surface area contributed by atoms with E-state index in [1.54, 1.807) is 0 Å². The molecule has 7 nitrogen and oxygen atoms in total. The van der Waals surface area contributed by atoms with Crippen LogP contribution in [0.3, 0.4) is 0 Å². The summed E-state index contributed by atoms with van der Waals surface area (Å²) in [7, 11) is 1.18. The second kappa shape index (κ2) is 7.70. The molecule has 0 aliphatic carbocycles. The Morgan fingerprint density at radius 3 is 2.43 bits per heavy atom. The van der Waals surface area contributed by atoms with Crippen molar-refractivity contribution < 1.29 is 24.2 Å². The van der Waals surface area contributed by atoms with E-state index in [4.69, 9.17) is 28.3 Å². The van der Waals surface area contributed by atoms with Crippen molar-refractivity contribution in [3.63, 3.8) is 0 Å². The summed E-state index contributed by atoms with van der Waals surface area (Å²) in [5.41, 5.74) is 0.129. The first kappa shape index (κ1) is 17.1. The van der Waals surface area contributed by atoms with Gasteiger partial charge in [0, 0.05) is 6.54 Å². The minimum absolute atomic E-state index is 0.0280. The number of urea groups is 1. The first-order valence-electron chi connectivity index (χ1n) is 5.69. The number of methoxy groups -OCH3 is 1. The molecule has 0 heterocycles. The summed E-state index contributed by atoms with van der Waals surface area (Å²) in [4.78, 5) is 33.6. The predicted molar refractivity (Wildman–Crippen MR) is 77.1 cm³/mol. The Hall–Kier alpha value is -1.99. The van der Waals surface area contributed by atoms with Crippen molar-refractivity contribution in [3.8, 4) is 0 Å². The summed E-state index contributed by atoms with van der Waals surface area (Å²) in [6.07, 6.45) is -0.224. The highest BCUT2D eigenvalue weighted by molar-refractivity contribution is 6.42. The smallest absolute Gasteiger partial charge is 0.340 e. The van der Waals surface area contributed by atoms with Crippen molar-refractivity contribution in [3.05, 3.63) is 27.7 Å². The third-order valence-corrected chi connectivity index (χ3v) is 3.06. The van der Waals surface area contributed by atoms with Crippen LogP contribution in [0.5, 0.6) is 0 Å². The molecule has 0 fully saturated rings. The molecular weight excluding hydrogens is 323 g/mol. The van der Waals surface area contributed by atoms with Gasteiger partial charge in [-0.15, -0.1) is 0 Å². The lowest BCUT2D eigenvalue weighted by atomic mass is 10.2. The normalized spacial score (nSPS) is 9.86. The molecule has 0 saturated heterocycles. The number of ether oxygens (including phenoxy) is 1. The number of carboxylic acid groups (broad SMARTS) is 1. The molecule has 0 aliphatic rings. The minimum Gasteiger partial charge on any atom is -0.481 e. The number of nitrogens with one attached hydrogen (secondary N) is 2. The molecule has 2 amide bonds. The van der Waals surface area contributed by atoms with E-state index in [0.717, 1.165) is 0 Å². The highest BCUT2D eigenvalue weighted by Crippen LogP contribution is 2.29. The van der Waals surface area contributed by atoms with Gasteiger partial charge in [-0.25, -0.2) is 9.59 Å². The number of aliphatic carboxylic acids is 1. The molecule has 3 N–H and O–H groups in total. The van der Waals surface area contributed by atoms with E-state index >= 15 is 0 Å². The van der Waals surface area contributed by atoms with Crippen molar-refractivity contribution in [1.29, 1.82) is 0 Å². The first-order chi connectivity index (χ1) is 9.85. The number of benzene rings is 1. The summed E-state index contributed by atoms with van der Waals surface area (Å²) >= 11 is 11.6. The molecule has 0 radical (unpaired) electrons. The van der Waals surface area contributed by atoms with Crippen molar-refractivity contribution in [2.75, 3.05) is 19.0 Å². The molecule has 0 unspecified atom stereocenters. The Kier molecular flexibility index (Phi) is 6.26. The molecule has 0 aromatic heterocycles. The fourth-order valence-corrected chi connectivity index (χ4v) is 1.71. The molecular formula is C12H12Cl2N2O5. The number of carbonyl (C=O) groups is 3. The van der Waals surface area contributed by atoms with E-state index in [1.807, 2.05) is 0 Å². The number of hydrogen-bond donors (Lipinski definition) is 3. The summed E-state index contributed by atoms with van der Waals surface area (Å²) in [5.74, 6) is -1.74. The molecule has 1 aromatic rings. The summed E-state index contributed by atoms with van der Waals surface area (Å²) in [5, 5.41) is 13.4. The average Bonchev–Trinajstić information content (AvgIpc) is 2.41. The number of esters is 1. The van der Waals surface area contributed by atoms with E-state index in [9.17, 15) is 14.4 Å². The lowest BCUT2D eigenvalue weighted by Crippen LogP contribution is -2.31. The number of anilines is 1. The molecule has 114 valence electrons. The lowest BCUT2D eigenvalue weighted by Gasteiger charge is -2.12. The third kappa shape index (κ3) is 5.13. The van der Waals surface area contributed by atoms with Crippen LogP contribution in [-0.2, 0) is 9.53 Å². The number of carboxylic acids is 1. The van der Waals surface area contributed by atoms with E-state index in [2.05, 4.69) is 15.4 Å². The van der Waals surface area contributed by atoms with Crippen LogP contribution >= 0.6 is 23.2 Å². The van der Waals surface area contributed by atoms with Crippen LogP contribution in [0.25, 0.3) is 0 Å². The monoisotopic (exact) mass is 334 g/mol. The van der Waals surface area contributed by atoms with E-state index < -0.39 is 18.0 Å². The maximum Gasteiger partial charge on any atom is 0.340 e. The van der Waals surface area contributed by atoms with Gasteiger partial charge < -0.3 is 20.5 Å². The van der Waals surface area contributed by atoms with E-state index in [0.29, 0.717) is 0 Å². The van der Waals surface area contributed by atoms with Gasteiger partial charge in [0.15, 0.2) is 0 Å². The maximum absolute atomic E-state index is 11.6. The molecule has 0 aliphatic heterocycles. The van der Waals surface area contributed by atoms with Crippen LogP contribution in [0, 0.1) is 0 Å². The molecule has 0 saturated carbocycles. The van der Waals surface area contributed by atoms with Crippen molar-refractivity contribution in [2.24, 2.45) is 0 Å². The van der Waals surface area contributed by atoms with Crippen LogP contribution in [0.2, 0.25) is 10.0 Å². The highest BCUT2D eigenvalue weighted by Gasteiger charge is 2.16. The van der Waals surface area contributed by atoms with Crippen LogP contribution in [0.4, 0.5) is 10.5 Å². The maximum atomic E-state index is 11.6. The predicted octanol–water partition coefficient (Wildman–Crippen LogP) is 2.38. The van der Waals surface area contributed by atoms with Gasteiger partial charge in [-0.2, -0.15) is 0 Å². The van der Waals surface area contributed by atoms with Gasteiger partial charge >= 0.3 is 18.0 Å². The van der Waals surface area contributed by atoms with E-state index in [-0.39, 0.29) is 34.3 Å².